The number of anilines is 1. The lowest BCUT2D eigenvalue weighted by Gasteiger charge is -2.18. The van der Waals surface area contributed by atoms with Crippen LogP contribution in [0.25, 0.3) is 5.70 Å². The van der Waals surface area contributed by atoms with Crippen molar-refractivity contribution in [3.63, 3.8) is 0 Å². The standard InChI is InChI=1S/C23H16ClNO2/c1-15-9-11-16(12-10-15)22(26)14-21-19-7-2-3-8-20(19)23(27)25(21)18-6-4-5-17(24)13-18/h2-14H,1H3/b21-14-. The summed E-state index contributed by atoms with van der Waals surface area (Å²) in [6.07, 6.45) is 1.52. The molecule has 0 unspecified atom stereocenters. The number of halogens is 1. The highest BCUT2D eigenvalue weighted by Gasteiger charge is 2.33. The molecule has 0 saturated carbocycles. The average Bonchev–Trinajstić information content (AvgIpc) is 2.94. The van der Waals surface area contributed by atoms with Crippen LogP contribution in [0.1, 0.15) is 31.8 Å². The number of carbonyl (C=O) groups excluding carboxylic acids is 2. The van der Waals surface area contributed by atoms with Crippen molar-refractivity contribution in [1.82, 2.24) is 0 Å². The van der Waals surface area contributed by atoms with Gasteiger partial charge in [-0.05, 0) is 31.2 Å². The second-order valence-electron chi connectivity index (χ2n) is 6.43. The van der Waals surface area contributed by atoms with E-state index in [0.29, 0.717) is 27.5 Å². The number of nitrogens with zero attached hydrogens (tertiary/aromatic N) is 1. The minimum atomic E-state index is -0.171. The van der Waals surface area contributed by atoms with E-state index < -0.39 is 0 Å². The number of benzene rings is 3. The minimum absolute atomic E-state index is 0.151. The van der Waals surface area contributed by atoms with E-state index in [-0.39, 0.29) is 11.7 Å². The number of amides is 1. The number of allylic oxidation sites excluding steroid dienone is 1. The van der Waals surface area contributed by atoms with E-state index in [2.05, 4.69) is 0 Å². The molecular formula is C23H16ClNO2. The SMILES string of the molecule is Cc1ccc(C(=O)/C=C2/c3ccccc3C(=O)N2c2cccc(Cl)c2)cc1. The number of fused-ring (bicyclic) bond motifs is 1. The van der Waals surface area contributed by atoms with Crippen molar-refractivity contribution in [2.24, 2.45) is 0 Å². The summed E-state index contributed by atoms with van der Waals surface area (Å²) in [7, 11) is 0. The van der Waals surface area contributed by atoms with Crippen LogP contribution in [0.5, 0.6) is 0 Å². The Hall–Kier alpha value is -3.17. The third kappa shape index (κ3) is 3.18. The number of ketones is 1. The van der Waals surface area contributed by atoms with E-state index in [1.807, 2.05) is 37.3 Å². The van der Waals surface area contributed by atoms with Gasteiger partial charge in [-0.2, -0.15) is 0 Å². The van der Waals surface area contributed by atoms with Crippen molar-refractivity contribution in [2.45, 2.75) is 6.92 Å². The molecule has 0 spiro atoms. The topological polar surface area (TPSA) is 37.4 Å². The summed E-state index contributed by atoms with van der Waals surface area (Å²) < 4.78 is 0. The third-order valence-electron chi connectivity index (χ3n) is 4.55. The molecule has 0 fully saturated rings. The van der Waals surface area contributed by atoms with Crippen molar-refractivity contribution < 1.29 is 9.59 Å². The second kappa shape index (κ2) is 6.86. The normalized spacial score (nSPS) is 14.5. The summed E-state index contributed by atoms with van der Waals surface area (Å²) >= 11 is 6.12. The van der Waals surface area contributed by atoms with Crippen LogP contribution >= 0.6 is 11.6 Å². The summed E-state index contributed by atoms with van der Waals surface area (Å²) in [5.74, 6) is -0.322. The van der Waals surface area contributed by atoms with E-state index in [4.69, 9.17) is 11.6 Å². The molecule has 4 heteroatoms. The molecule has 0 bridgehead atoms. The lowest BCUT2D eigenvalue weighted by Crippen LogP contribution is -2.22. The van der Waals surface area contributed by atoms with Gasteiger partial charge in [0.2, 0.25) is 0 Å². The minimum Gasteiger partial charge on any atom is -0.289 e. The quantitative estimate of drug-likeness (QED) is 0.447. The molecule has 1 aliphatic heterocycles. The lowest BCUT2D eigenvalue weighted by molar-refractivity contribution is 0.101. The van der Waals surface area contributed by atoms with Gasteiger partial charge in [0.05, 0.1) is 11.4 Å². The van der Waals surface area contributed by atoms with Gasteiger partial charge in [-0.3, -0.25) is 14.5 Å². The average molecular weight is 374 g/mol. The molecule has 0 aromatic heterocycles. The fourth-order valence-corrected chi connectivity index (χ4v) is 3.37. The van der Waals surface area contributed by atoms with Gasteiger partial charge >= 0.3 is 0 Å². The van der Waals surface area contributed by atoms with Crippen LogP contribution in [0.15, 0.2) is 78.9 Å². The first-order valence-electron chi connectivity index (χ1n) is 8.57. The van der Waals surface area contributed by atoms with Crippen LogP contribution in [0.4, 0.5) is 5.69 Å². The lowest BCUT2D eigenvalue weighted by atomic mass is 10.0. The van der Waals surface area contributed by atoms with Gasteiger partial charge in [0.1, 0.15) is 0 Å². The van der Waals surface area contributed by atoms with E-state index >= 15 is 0 Å². The van der Waals surface area contributed by atoms with Crippen LogP contribution < -0.4 is 4.90 Å². The summed E-state index contributed by atoms with van der Waals surface area (Å²) in [5.41, 5.74) is 4.16. The van der Waals surface area contributed by atoms with Gasteiger partial charge in [0.25, 0.3) is 5.91 Å². The van der Waals surface area contributed by atoms with Crippen molar-refractivity contribution in [2.75, 3.05) is 4.90 Å². The molecule has 3 aromatic carbocycles. The fourth-order valence-electron chi connectivity index (χ4n) is 3.18. The Kier molecular flexibility index (Phi) is 4.38. The second-order valence-corrected chi connectivity index (χ2v) is 6.86. The molecule has 0 saturated heterocycles. The number of rotatable bonds is 3. The van der Waals surface area contributed by atoms with E-state index in [1.165, 1.54) is 6.08 Å². The van der Waals surface area contributed by atoms with Gasteiger partial charge < -0.3 is 0 Å². The highest BCUT2D eigenvalue weighted by atomic mass is 35.5. The Balaban J connectivity index is 1.84. The van der Waals surface area contributed by atoms with Crippen LogP contribution in [-0.2, 0) is 0 Å². The zero-order valence-corrected chi connectivity index (χ0v) is 15.4. The molecule has 4 rings (SSSR count). The van der Waals surface area contributed by atoms with Gasteiger partial charge in [0, 0.05) is 27.8 Å². The monoisotopic (exact) mass is 373 g/mol. The van der Waals surface area contributed by atoms with Gasteiger partial charge in [0.15, 0.2) is 5.78 Å². The molecule has 3 aromatic rings. The van der Waals surface area contributed by atoms with Crippen LogP contribution in [-0.4, -0.2) is 11.7 Å². The molecule has 0 radical (unpaired) electrons. The number of hydrogen-bond donors (Lipinski definition) is 0. The Morgan fingerprint density at radius 2 is 1.63 bits per heavy atom. The van der Waals surface area contributed by atoms with Gasteiger partial charge in [-0.15, -0.1) is 0 Å². The highest BCUT2D eigenvalue weighted by Crippen LogP contribution is 2.37. The van der Waals surface area contributed by atoms with Crippen molar-refractivity contribution in [3.05, 3.63) is 106 Å². The molecule has 132 valence electrons. The molecule has 0 atom stereocenters. The summed E-state index contributed by atoms with van der Waals surface area (Å²) in [6, 6.07) is 21.7. The van der Waals surface area contributed by atoms with E-state index in [9.17, 15) is 9.59 Å². The Morgan fingerprint density at radius 1 is 0.926 bits per heavy atom. The zero-order chi connectivity index (χ0) is 19.0. The third-order valence-corrected chi connectivity index (χ3v) is 4.78. The summed E-state index contributed by atoms with van der Waals surface area (Å²) in [5, 5.41) is 0.528. The maximum Gasteiger partial charge on any atom is 0.263 e. The van der Waals surface area contributed by atoms with Crippen molar-refractivity contribution >= 4 is 34.7 Å². The maximum atomic E-state index is 13.0. The predicted octanol–water partition coefficient (Wildman–Crippen LogP) is 5.53. The van der Waals surface area contributed by atoms with Crippen LogP contribution in [0.3, 0.4) is 0 Å². The van der Waals surface area contributed by atoms with Crippen molar-refractivity contribution in [1.29, 1.82) is 0 Å². The fraction of sp³-hybridized carbons (Fsp3) is 0.0435. The Morgan fingerprint density at radius 3 is 2.33 bits per heavy atom. The largest absolute Gasteiger partial charge is 0.289 e. The van der Waals surface area contributed by atoms with Gasteiger partial charge in [-0.25, -0.2) is 0 Å². The predicted molar refractivity (Wildman–Crippen MR) is 108 cm³/mol. The smallest absolute Gasteiger partial charge is 0.263 e. The maximum absolute atomic E-state index is 13.0. The first-order valence-corrected chi connectivity index (χ1v) is 8.94. The first kappa shape index (κ1) is 17.3. The molecular weight excluding hydrogens is 358 g/mol. The zero-order valence-electron chi connectivity index (χ0n) is 14.6. The first-order chi connectivity index (χ1) is 13.0. The molecule has 1 amide bonds. The molecule has 0 aliphatic carbocycles. The number of hydrogen-bond acceptors (Lipinski definition) is 2. The molecule has 27 heavy (non-hydrogen) atoms. The van der Waals surface area contributed by atoms with E-state index in [1.54, 1.807) is 47.4 Å². The van der Waals surface area contributed by atoms with Crippen molar-refractivity contribution in [3.8, 4) is 0 Å². The van der Waals surface area contributed by atoms with Gasteiger partial charge in [-0.1, -0.05) is 65.7 Å². The van der Waals surface area contributed by atoms with Crippen LogP contribution in [0, 0.1) is 6.92 Å². The molecule has 1 aliphatic rings. The molecule has 0 N–H and O–H groups in total. The molecule has 1 heterocycles. The molecule has 3 nitrogen and oxygen atoms in total. The number of carbonyl (C=O) groups is 2. The van der Waals surface area contributed by atoms with Crippen LogP contribution in [0.2, 0.25) is 5.02 Å². The highest BCUT2D eigenvalue weighted by molar-refractivity contribution is 6.31. The summed E-state index contributed by atoms with van der Waals surface area (Å²) in [4.78, 5) is 27.4. The summed E-state index contributed by atoms with van der Waals surface area (Å²) in [6.45, 7) is 1.97. The van der Waals surface area contributed by atoms with E-state index in [0.717, 1.165) is 11.1 Å². The number of aryl methyl sites for hydroxylation is 1. The Labute approximate surface area is 162 Å². The Bertz CT molecular complexity index is 1080.